The molecule has 0 radical (unpaired) electrons. The highest BCUT2D eigenvalue weighted by atomic mass is 32.2. The summed E-state index contributed by atoms with van der Waals surface area (Å²) in [4.78, 5) is 15.1. The first-order valence-electron chi connectivity index (χ1n) is 11.1. The van der Waals surface area contributed by atoms with Crippen molar-refractivity contribution in [3.8, 4) is 11.4 Å². The van der Waals surface area contributed by atoms with Crippen molar-refractivity contribution in [1.82, 2.24) is 19.8 Å². The van der Waals surface area contributed by atoms with Crippen LogP contribution in [0.15, 0.2) is 29.4 Å². The molecule has 2 atom stereocenters. The second-order valence-corrected chi connectivity index (χ2v) is 10.6. The van der Waals surface area contributed by atoms with E-state index in [9.17, 15) is 4.79 Å². The van der Waals surface area contributed by atoms with Gasteiger partial charge in [-0.3, -0.25) is 4.79 Å². The Kier molecular flexibility index (Phi) is 6.09. The topological polar surface area (TPSA) is 77.0 Å². The van der Waals surface area contributed by atoms with Crippen LogP contribution >= 0.6 is 11.8 Å². The number of fused-ring (bicyclic) bond motifs is 1. The number of carbonyl (C=O) groups excluding carboxylic acids is 1. The summed E-state index contributed by atoms with van der Waals surface area (Å²) in [6.07, 6.45) is 7.38. The van der Waals surface area contributed by atoms with Gasteiger partial charge >= 0.3 is 0 Å². The molecule has 0 unspecified atom stereocenters. The molecule has 6 nitrogen and oxygen atoms in total. The van der Waals surface area contributed by atoms with Crippen LogP contribution in [0, 0.1) is 5.92 Å². The quantitative estimate of drug-likeness (QED) is 0.584. The number of carbonyl (C=O) groups is 1. The molecule has 0 spiro atoms. The minimum absolute atomic E-state index is 0.0993. The molecule has 1 saturated heterocycles. The Labute approximate surface area is 183 Å². The zero-order valence-electron chi connectivity index (χ0n) is 18.3. The van der Waals surface area contributed by atoms with Crippen LogP contribution in [0.2, 0.25) is 0 Å². The Balaban J connectivity index is 1.41. The third-order valence-corrected chi connectivity index (χ3v) is 7.49. The van der Waals surface area contributed by atoms with E-state index < -0.39 is 0 Å². The predicted molar refractivity (Wildman–Crippen MR) is 122 cm³/mol. The van der Waals surface area contributed by atoms with Crippen molar-refractivity contribution in [3.63, 3.8) is 0 Å². The highest BCUT2D eigenvalue weighted by molar-refractivity contribution is 7.99. The smallest absolute Gasteiger partial charge is 0.233 e. The van der Waals surface area contributed by atoms with Gasteiger partial charge in [0.1, 0.15) is 0 Å². The summed E-state index contributed by atoms with van der Waals surface area (Å²) in [6.45, 7) is 7.46. The summed E-state index contributed by atoms with van der Waals surface area (Å²) >= 11 is 1.38. The number of nitrogens with two attached hydrogens (primary N) is 1. The van der Waals surface area contributed by atoms with Gasteiger partial charge in [-0.1, -0.05) is 69.6 Å². The predicted octanol–water partition coefficient (Wildman–Crippen LogP) is 4.23. The van der Waals surface area contributed by atoms with E-state index in [0.29, 0.717) is 28.7 Å². The van der Waals surface area contributed by atoms with Gasteiger partial charge in [0.2, 0.25) is 11.1 Å². The summed E-state index contributed by atoms with van der Waals surface area (Å²) in [5.41, 5.74) is 2.29. The molecule has 2 aliphatic rings. The summed E-state index contributed by atoms with van der Waals surface area (Å²) < 4.78 is 1.50. The number of thioether (sulfide) groups is 1. The van der Waals surface area contributed by atoms with Crippen molar-refractivity contribution in [1.29, 1.82) is 0 Å². The molecule has 2 fully saturated rings. The lowest BCUT2D eigenvalue weighted by atomic mass is 9.78. The Morgan fingerprint density at radius 3 is 2.53 bits per heavy atom. The van der Waals surface area contributed by atoms with E-state index in [1.54, 1.807) is 0 Å². The average molecular weight is 428 g/mol. The third-order valence-electron chi connectivity index (χ3n) is 6.56. The highest BCUT2D eigenvalue weighted by Gasteiger charge is 2.35. The second-order valence-electron chi connectivity index (χ2n) is 9.63. The van der Waals surface area contributed by atoms with Gasteiger partial charge in [-0.15, -0.1) is 10.2 Å². The van der Waals surface area contributed by atoms with E-state index in [4.69, 9.17) is 5.84 Å². The zero-order chi connectivity index (χ0) is 21.3. The van der Waals surface area contributed by atoms with Crippen LogP contribution in [0.3, 0.4) is 0 Å². The number of benzene rings is 1. The van der Waals surface area contributed by atoms with E-state index in [-0.39, 0.29) is 11.3 Å². The van der Waals surface area contributed by atoms with Gasteiger partial charge in [-0.25, -0.2) is 4.68 Å². The zero-order valence-corrected chi connectivity index (χ0v) is 19.1. The maximum Gasteiger partial charge on any atom is 0.233 e. The van der Waals surface area contributed by atoms with Crippen LogP contribution in [-0.2, 0) is 10.2 Å². The van der Waals surface area contributed by atoms with Crippen molar-refractivity contribution in [2.75, 3.05) is 18.1 Å². The molecule has 4 rings (SSSR count). The minimum Gasteiger partial charge on any atom is -0.339 e. The van der Waals surface area contributed by atoms with Crippen molar-refractivity contribution >= 4 is 17.7 Å². The van der Waals surface area contributed by atoms with Gasteiger partial charge in [0.25, 0.3) is 0 Å². The van der Waals surface area contributed by atoms with E-state index in [2.05, 4.69) is 48.0 Å². The van der Waals surface area contributed by atoms with E-state index in [0.717, 1.165) is 24.9 Å². The number of hydrogen-bond acceptors (Lipinski definition) is 5. The Morgan fingerprint density at radius 2 is 1.80 bits per heavy atom. The standard InChI is InChI=1S/C23H33N5OS/c1-23(2,3)18-12-10-17(11-13-18)21-25-26-22(28(21)24)30-15-20(29)27-14-6-8-16-7-4-5-9-19(16)27/h10-13,16,19H,4-9,14-15,24H2,1-3H3/t16-,19+/m0/s1. The maximum atomic E-state index is 13.0. The molecule has 1 aromatic carbocycles. The average Bonchev–Trinajstić information content (AvgIpc) is 3.11. The maximum absolute atomic E-state index is 13.0. The molecule has 30 heavy (non-hydrogen) atoms. The Hall–Kier alpha value is -2.02. The first-order valence-corrected chi connectivity index (χ1v) is 12.1. The van der Waals surface area contributed by atoms with Crippen LogP contribution in [-0.4, -0.2) is 44.0 Å². The lowest BCUT2D eigenvalue weighted by molar-refractivity contribution is -0.134. The molecular weight excluding hydrogens is 394 g/mol. The summed E-state index contributed by atoms with van der Waals surface area (Å²) in [5, 5.41) is 9.10. The lowest BCUT2D eigenvalue weighted by Gasteiger charge is -2.44. The number of rotatable bonds is 4. The summed E-state index contributed by atoms with van der Waals surface area (Å²) in [7, 11) is 0. The van der Waals surface area contributed by atoms with Gasteiger partial charge in [0.05, 0.1) is 5.75 Å². The normalized spacial score (nSPS) is 22.0. The van der Waals surface area contributed by atoms with Crippen molar-refractivity contribution in [2.24, 2.45) is 5.92 Å². The molecule has 1 aliphatic heterocycles. The molecule has 1 aliphatic carbocycles. The van der Waals surface area contributed by atoms with Crippen LogP contribution in [0.4, 0.5) is 0 Å². The number of aromatic nitrogens is 3. The molecule has 2 heterocycles. The molecule has 2 aromatic rings. The summed E-state index contributed by atoms with van der Waals surface area (Å²) in [5.74, 6) is 8.16. The fourth-order valence-corrected chi connectivity index (χ4v) is 5.58. The van der Waals surface area contributed by atoms with E-state index >= 15 is 0 Å². The fraction of sp³-hybridized carbons (Fsp3) is 0.609. The number of amides is 1. The van der Waals surface area contributed by atoms with Crippen molar-refractivity contribution in [3.05, 3.63) is 29.8 Å². The van der Waals surface area contributed by atoms with Crippen molar-refractivity contribution in [2.45, 2.75) is 75.9 Å². The largest absolute Gasteiger partial charge is 0.339 e. The van der Waals surface area contributed by atoms with Crippen LogP contribution in [0.1, 0.15) is 64.9 Å². The Morgan fingerprint density at radius 1 is 1.10 bits per heavy atom. The minimum atomic E-state index is 0.0993. The molecule has 7 heteroatoms. The molecule has 2 N–H and O–H groups in total. The van der Waals surface area contributed by atoms with Gasteiger partial charge in [-0.05, 0) is 42.6 Å². The lowest BCUT2D eigenvalue weighted by Crippen LogP contribution is -2.50. The summed E-state index contributed by atoms with van der Waals surface area (Å²) in [6, 6.07) is 8.72. The van der Waals surface area contributed by atoms with Gasteiger partial charge in [-0.2, -0.15) is 0 Å². The molecule has 0 bridgehead atoms. The number of nitrogen functional groups attached to an aromatic ring is 1. The molecule has 1 aromatic heterocycles. The van der Waals surface area contributed by atoms with Crippen molar-refractivity contribution < 1.29 is 4.79 Å². The van der Waals surface area contributed by atoms with Crippen LogP contribution < -0.4 is 5.84 Å². The SMILES string of the molecule is CC(C)(C)c1ccc(-c2nnc(SCC(=O)N3CCC[C@@H]4CCCC[C@H]43)n2N)cc1. The molecule has 1 saturated carbocycles. The fourth-order valence-electron chi connectivity index (χ4n) is 4.84. The molecule has 162 valence electrons. The number of nitrogens with zero attached hydrogens (tertiary/aromatic N) is 4. The van der Waals surface area contributed by atoms with Crippen LogP contribution in [0.25, 0.3) is 11.4 Å². The van der Waals surface area contributed by atoms with Gasteiger partial charge < -0.3 is 10.7 Å². The molecule has 1 amide bonds. The van der Waals surface area contributed by atoms with E-state index in [1.165, 1.54) is 47.7 Å². The van der Waals surface area contributed by atoms with Gasteiger partial charge in [0.15, 0.2) is 5.82 Å². The molecular formula is C23H33N5OS. The number of likely N-dealkylation sites (tertiary alicyclic amines) is 1. The number of hydrogen-bond donors (Lipinski definition) is 1. The Bertz CT molecular complexity index is 884. The van der Waals surface area contributed by atoms with Gasteiger partial charge in [0, 0.05) is 18.2 Å². The van der Waals surface area contributed by atoms with E-state index in [1.807, 2.05) is 12.1 Å². The first kappa shape index (κ1) is 21.2. The monoisotopic (exact) mass is 427 g/mol. The number of piperidine rings is 1. The second kappa shape index (κ2) is 8.61. The first-order chi connectivity index (χ1) is 14.3. The highest BCUT2D eigenvalue weighted by Crippen LogP contribution is 2.36. The van der Waals surface area contributed by atoms with Crippen LogP contribution in [0.5, 0.6) is 0 Å². The third kappa shape index (κ3) is 4.36.